The Labute approximate surface area is 411 Å². The van der Waals surface area contributed by atoms with Crippen LogP contribution in [0.3, 0.4) is 0 Å². The molecule has 5 fully saturated rings. The molecule has 5 aliphatic rings. The summed E-state index contributed by atoms with van der Waals surface area (Å²) in [5.41, 5.74) is 6.69. The van der Waals surface area contributed by atoms with E-state index < -0.39 is 28.4 Å². The Kier molecular flexibility index (Phi) is 15.8. The second-order valence-corrected chi connectivity index (χ2v) is 19.8. The highest BCUT2D eigenvalue weighted by atomic mass is 35.5. The Morgan fingerprint density at radius 2 is 1.51 bits per heavy atom. The van der Waals surface area contributed by atoms with Gasteiger partial charge in [-0.05, 0) is 109 Å². The quantitative estimate of drug-likeness (QED) is 0.113. The number of fused-ring (bicyclic) bond motifs is 1. The van der Waals surface area contributed by atoms with Crippen LogP contribution in [-0.2, 0) is 31.0 Å². The molecule has 3 atom stereocenters. The molecule has 3 saturated heterocycles. The van der Waals surface area contributed by atoms with Gasteiger partial charge in [0.25, 0.3) is 0 Å². The standard InChI is InChI=1S/C25H28B4N4O4.C22H23Cl2FN2O.CH3NO/c1-31-19-11-15(7-8-17(19)32(23(31)37)18-9-10-20(34)30-21(18)35)16-12-24(26,27)33(25(28,29)13-16)22(36)14-5-3-2-4-6-14;23-14-6-4-7-15(12-14)27-21(28)19-17(16-8-5-9-18(24)20(16)25)13-26-22(19)10-2-1-3-11-22;2-1-3/h7-8,11,14,16,18H,2-6,9-10,12-13H2,1H3,(H,30,34,35);4-9,12,17,19,26H,1-3,10-11,13H2,(H,27,28);1H,(H2,2,3). The molecule has 20 heteroatoms. The van der Waals surface area contributed by atoms with E-state index in [1.165, 1.54) is 20.5 Å². The number of primary amides is 1. The van der Waals surface area contributed by atoms with Gasteiger partial charge in [0.1, 0.15) is 11.9 Å². The van der Waals surface area contributed by atoms with Crippen molar-refractivity contribution >= 4 is 101 Å². The lowest BCUT2D eigenvalue weighted by molar-refractivity contribution is -0.142. The molecule has 2 aliphatic carbocycles. The molecule has 350 valence electrons. The minimum atomic E-state index is -1.54. The van der Waals surface area contributed by atoms with Crippen LogP contribution >= 0.6 is 23.2 Å². The SMILES string of the molecule is NC=O.O=C(Nc1cccc(Cl)c1)C1C(c2cccc(Cl)c2F)CNC12CCCCC2.[B]C1([B])CC(c2ccc3c(c2)n(C)c(=O)n3C2CCC(=O)NC2=O)CC([B])([B])N1C(=O)C1CCCCC1. The number of nitrogens with zero attached hydrogens (tertiary/aromatic N) is 3. The first-order valence-corrected chi connectivity index (χ1v) is 24.0. The summed E-state index contributed by atoms with van der Waals surface area (Å²) in [6.07, 6.45) is 10.9. The van der Waals surface area contributed by atoms with E-state index >= 15 is 0 Å². The number of rotatable bonds is 6. The fraction of sp³-hybridized carbons (Fsp3) is 0.500. The number of nitrogens with two attached hydrogens (primary N) is 1. The number of aryl methyl sites for hydroxylation is 1. The molecule has 0 bridgehead atoms. The van der Waals surface area contributed by atoms with E-state index in [1.54, 1.807) is 49.5 Å². The zero-order valence-corrected chi connectivity index (χ0v) is 39.7. The highest BCUT2D eigenvalue weighted by Crippen LogP contribution is 2.48. The Morgan fingerprint density at radius 3 is 2.16 bits per heavy atom. The molecule has 13 nitrogen and oxygen atoms in total. The van der Waals surface area contributed by atoms with Gasteiger partial charge in [-0.1, -0.05) is 86.0 Å². The van der Waals surface area contributed by atoms with Crippen molar-refractivity contribution in [3.63, 3.8) is 0 Å². The summed E-state index contributed by atoms with van der Waals surface area (Å²) in [5.74, 6) is -2.63. The van der Waals surface area contributed by atoms with Crippen LogP contribution < -0.4 is 27.4 Å². The minimum absolute atomic E-state index is 0.0936. The van der Waals surface area contributed by atoms with E-state index in [0.29, 0.717) is 33.9 Å². The third-order valence-corrected chi connectivity index (χ3v) is 15.0. The van der Waals surface area contributed by atoms with E-state index in [-0.39, 0.29) is 89.7 Å². The number of nitrogens with one attached hydrogen (secondary N) is 3. The van der Waals surface area contributed by atoms with E-state index in [0.717, 1.165) is 63.4 Å². The van der Waals surface area contributed by atoms with E-state index in [9.17, 15) is 28.4 Å². The van der Waals surface area contributed by atoms with Crippen LogP contribution in [0, 0.1) is 17.7 Å². The zero-order valence-electron chi connectivity index (χ0n) is 38.2. The van der Waals surface area contributed by atoms with Gasteiger partial charge in [-0.3, -0.25) is 38.4 Å². The minimum Gasteiger partial charge on any atom is -0.372 e. The summed E-state index contributed by atoms with van der Waals surface area (Å²) in [5, 5.41) is 6.50. The largest absolute Gasteiger partial charge is 0.372 e. The molecule has 68 heavy (non-hydrogen) atoms. The highest BCUT2D eigenvalue weighted by Gasteiger charge is 2.53. The number of carbonyl (C=O) groups excluding carboxylic acids is 5. The molecule has 4 heterocycles. The van der Waals surface area contributed by atoms with Crippen LogP contribution in [0.25, 0.3) is 11.0 Å². The summed E-state index contributed by atoms with van der Waals surface area (Å²) in [6, 6.07) is 16.9. The molecule has 1 aromatic heterocycles. The number of likely N-dealkylation sites (tertiary alicyclic amines) is 1. The lowest BCUT2D eigenvalue weighted by Crippen LogP contribution is -2.69. The molecule has 1 spiro atoms. The normalized spacial score (nSPS) is 23.4. The molecule has 3 aliphatic heterocycles. The zero-order chi connectivity index (χ0) is 49.1. The monoisotopic (exact) mass is 957 g/mol. The lowest BCUT2D eigenvalue weighted by atomic mass is 9.44. The van der Waals surface area contributed by atoms with Gasteiger partial charge in [-0.25, -0.2) is 9.18 Å². The number of anilines is 1. The van der Waals surface area contributed by atoms with E-state index in [1.807, 2.05) is 18.2 Å². The highest BCUT2D eigenvalue weighted by molar-refractivity contribution is 6.46. The van der Waals surface area contributed by atoms with Crippen molar-refractivity contribution in [2.24, 2.45) is 24.6 Å². The molecule has 9 rings (SSSR count). The number of hydrogen-bond acceptors (Lipinski definition) is 7. The first-order chi connectivity index (χ1) is 32.3. The second kappa shape index (κ2) is 21.1. The fourth-order valence-corrected chi connectivity index (χ4v) is 11.8. The average Bonchev–Trinajstić information content (AvgIpc) is 3.77. The van der Waals surface area contributed by atoms with Crippen molar-refractivity contribution in [3.8, 4) is 0 Å². The molecular formula is C48H54B4Cl2FN7O6. The van der Waals surface area contributed by atoms with Gasteiger partial charge >= 0.3 is 5.69 Å². The topological polar surface area (TPSA) is 178 Å². The van der Waals surface area contributed by atoms with Crippen LogP contribution in [0.15, 0.2) is 65.5 Å². The van der Waals surface area contributed by atoms with Crippen molar-refractivity contribution in [1.82, 2.24) is 24.7 Å². The summed E-state index contributed by atoms with van der Waals surface area (Å²) >= 11 is 12.1. The summed E-state index contributed by atoms with van der Waals surface area (Å²) in [7, 11) is 27.7. The molecular weight excluding hydrogens is 904 g/mol. The van der Waals surface area contributed by atoms with Gasteiger partial charge in [-0.2, -0.15) is 0 Å². The maximum absolute atomic E-state index is 14.8. The lowest BCUT2D eigenvalue weighted by Gasteiger charge is -2.58. The van der Waals surface area contributed by atoms with Crippen LogP contribution in [-0.4, -0.2) is 98.2 Å². The van der Waals surface area contributed by atoms with Crippen LogP contribution in [0.4, 0.5) is 10.1 Å². The number of halogens is 3. The van der Waals surface area contributed by atoms with E-state index in [4.69, 9.17) is 59.4 Å². The van der Waals surface area contributed by atoms with Gasteiger partial charge in [-0.15, -0.1) is 0 Å². The molecule has 4 aromatic rings. The first kappa shape index (κ1) is 51.1. The smallest absolute Gasteiger partial charge is 0.329 e. The fourth-order valence-electron chi connectivity index (χ4n) is 11.4. The number of amides is 5. The second-order valence-electron chi connectivity index (χ2n) is 19.0. The first-order valence-electron chi connectivity index (χ1n) is 23.3. The number of hydrogen-bond donors (Lipinski definition) is 4. The molecule has 5 amide bonds. The average molecular weight is 958 g/mol. The van der Waals surface area contributed by atoms with Crippen molar-refractivity contribution < 1.29 is 28.4 Å². The summed E-state index contributed by atoms with van der Waals surface area (Å²) < 4.78 is 17.7. The Bertz CT molecular complexity index is 2600. The van der Waals surface area contributed by atoms with Crippen LogP contribution in [0.2, 0.25) is 10.0 Å². The predicted octanol–water partition coefficient (Wildman–Crippen LogP) is 5.46. The van der Waals surface area contributed by atoms with E-state index in [2.05, 4.69) is 21.7 Å². The van der Waals surface area contributed by atoms with Crippen LogP contribution in [0.5, 0.6) is 0 Å². The molecule has 3 aromatic carbocycles. The predicted molar refractivity (Wildman–Crippen MR) is 264 cm³/mol. The van der Waals surface area contributed by atoms with Gasteiger partial charge in [0.15, 0.2) is 0 Å². The maximum atomic E-state index is 14.8. The molecule has 5 N–H and O–H groups in total. The van der Waals surface area contributed by atoms with Crippen molar-refractivity contribution in [2.45, 2.75) is 124 Å². The number of imidazole rings is 1. The third-order valence-electron chi connectivity index (χ3n) is 14.4. The molecule has 3 unspecified atom stereocenters. The summed E-state index contributed by atoms with van der Waals surface area (Å²) in [4.78, 5) is 73.9. The van der Waals surface area contributed by atoms with Gasteiger partial charge in [0, 0.05) is 48.1 Å². The Balaban J connectivity index is 0.000000197. The summed E-state index contributed by atoms with van der Waals surface area (Å²) in [6.45, 7) is 0.560. The number of carbonyl (C=O) groups is 5. The van der Waals surface area contributed by atoms with Crippen molar-refractivity contribution in [1.29, 1.82) is 0 Å². The Morgan fingerprint density at radius 1 is 0.868 bits per heavy atom. The number of imide groups is 1. The van der Waals surface area contributed by atoms with Gasteiger partial charge in [0.2, 0.25) is 30.0 Å². The Hall–Kier alpha value is -4.79. The van der Waals surface area contributed by atoms with Crippen molar-refractivity contribution in [2.75, 3.05) is 11.9 Å². The molecule has 8 radical (unpaired) electrons. The van der Waals surface area contributed by atoms with Crippen molar-refractivity contribution in [3.05, 3.63) is 98.1 Å². The number of benzene rings is 3. The van der Waals surface area contributed by atoms with Gasteiger partial charge < -0.3 is 21.3 Å². The number of aromatic nitrogens is 2. The van der Waals surface area contributed by atoms with Gasteiger partial charge in [0.05, 0.1) is 53.4 Å². The maximum Gasteiger partial charge on any atom is 0.329 e. The number of piperidine rings is 2. The third kappa shape index (κ3) is 10.5. The molecule has 2 saturated carbocycles. The van der Waals surface area contributed by atoms with Crippen LogP contribution in [0.1, 0.15) is 119 Å².